The van der Waals surface area contributed by atoms with E-state index in [4.69, 9.17) is 5.11 Å². The first kappa shape index (κ1) is 13.4. The molecule has 0 aliphatic carbocycles. The number of fused-ring (bicyclic) bond motifs is 1. The average Bonchev–Trinajstić information content (AvgIpc) is 3.02. The van der Waals surface area contributed by atoms with Gasteiger partial charge in [-0.05, 0) is 43.5 Å². The van der Waals surface area contributed by atoms with Gasteiger partial charge < -0.3 is 9.67 Å². The first-order valence-electron chi connectivity index (χ1n) is 6.94. The third-order valence-electron chi connectivity index (χ3n) is 3.64. The molecule has 5 nitrogen and oxygen atoms in total. The van der Waals surface area contributed by atoms with Gasteiger partial charge in [-0.3, -0.25) is 4.68 Å². The number of hydrogen-bond donors (Lipinski definition) is 1. The number of carboxylic acid groups (broad SMARTS) is 1. The number of aryl methyl sites for hydroxylation is 2. The number of carboxylic acids is 1. The summed E-state index contributed by atoms with van der Waals surface area (Å²) in [4.78, 5) is 11.1. The summed E-state index contributed by atoms with van der Waals surface area (Å²) < 4.78 is 4.03. The number of benzene rings is 1. The molecule has 0 bridgehead atoms. The molecule has 0 saturated heterocycles. The van der Waals surface area contributed by atoms with Crippen LogP contribution in [0, 0.1) is 6.92 Å². The molecule has 3 rings (SSSR count). The molecule has 0 atom stereocenters. The van der Waals surface area contributed by atoms with Crippen molar-refractivity contribution < 1.29 is 9.90 Å². The summed E-state index contributed by atoms with van der Waals surface area (Å²) >= 11 is 0. The van der Waals surface area contributed by atoms with E-state index in [0.29, 0.717) is 12.1 Å². The number of aromatic nitrogens is 3. The van der Waals surface area contributed by atoms with Crippen molar-refractivity contribution in [3.8, 4) is 0 Å². The fourth-order valence-electron chi connectivity index (χ4n) is 2.63. The van der Waals surface area contributed by atoms with Gasteiger partial charge in [-0.1, -0.05) is 6.07 Å². The second-order valence-electron chi connectivity index (χ2n) is 5.12. The van der Waals surface area contributed by atoms with Crippen molar-refractivity contribution in [2.24, 2.45) is 0 Å². The van der Waals surface area contributed by atoms with Gasteiger partial charge in [-0.25, -0.2) is 4.79 Å². The summed E-state index contributed by atoms with van der Waals surface area (Å²) in [5, 5.41) is 14.6. The molecule has 2 aromatic heterocycles. The van der Waals surface area contributed by atoms with Crippen molar-refractivity contribution in [1.82, 2.24) is 14.3 Å². The molecule has 0 aliphatic rings. The standard InChI is InChI=1S/C16H17N3O2/c1-3-19-14(8-11(2)17-19)10-18-7-6-12-4-5-13(16(20)21)9-15(12)18/h4-9H,3,10H2,1-2H3,(H,20,21). The minimum atomic E-state index is -0.904. The molecule has 0 radical (unpaired) electrons. The van der Waals surface area contributed by atoms with Gasteiger partial charge in [-0.15, -0.1) is 0 Å². The van der Waals surface area contributed by atoms with Crippen LogP contribution in [0.3, 0.4) is 0 Å². The SMILES string of the molecule is CCn1nc(C)cc1Cn1ccc2ccc(C(=O)O)cc21. The van der Waals surface area contributed by atoms with Crippen LogP contribution >= 0.6 is 0 Å². The van der Waals surface area contributed by atoms with Gasteiger partial charge in [0.05, 0.1) is 23.5 Å². The Bertz CT molecular complexity index is 814. The average molecular weight is 283 g/mol. The van der Waals surface area contributed by atoms with E-state index in [0.717, 1.165) is 28.8 Å². The van der Waals surface area contributed by atoms with Crippen LogP contribution in [-0.2, 0) is 13.1 Å². The van der Waals surface area contributed by atoms with Crippen molar-refractivity contribution in [2.75, 3.05) is 0 Å². The molecular weight excluding hydrogens is 266 g/mol. The highest BCUT2D eigenvalue weighted by molar-refractivity contribution is 5.93. The van der Waals surface area contributed by atoms with Gasteiger partial charge in [0.1, 0.15) is 0 Å². The Balaban J connectivity index is 2.03. The topological polar surface area (TPSA) is 60.0 Å². The van der Waals surface area contributed by atoms with Crippen LogP contribution in [-0.4, -0.2) is 25.4 Å². The molecule has 0 saturated carbocycles. The zero-order valence-electron chi connectivity index (χ0n) is 12.1. The van der Waals surface area contributed by atoms with E-state index in [1.54, 1.807) is 12.1 Å². The van der Waals surface area contributed by atoms with E-state index in [9.17, 15) is 4.79 Å². The maximum atomic E-state index is 11.1. The highest BCUT2D eigenvalue weighted by atomic mass is 16.4. The second-order valence-corrected chi connectivity index (χ2v) is 5.12. The molecule has 2 heterocycles. The van der Waals surface area contributed by atoms with Crippen LogP contribution in [0.25, 0.3) is 10.9 Å². The van der Waals surface area contributed by atoms with Crippen LogP contribution in [0.1, 0.15) is 28.7 Å². The van der Waals surface area contributed by atoms with E-state index >= 15 is 0 Å². The molecule has 108 valence electrons. The van der Waals surface area contributed by atoms with E-state index < -0.39 is 5.97 Å². The molecule has 1 N–H and O–H groups in total. The monoisotopic (exact) mass is 283 g/mol. The Morgan fingerprint density at radius 2 is 2.10 bits per heavy atom. The van der Waals surface area contributed by atoms with Gasteiger partial charge in [0.25, 0.3) is 0 Å². The molecule has 0 aliphatic heterocycles. The molecule has 21 heavy (non-hydrogen) atoms. The third-order valence-corrected chi connectivity index (χ3v) is 3.64. The lowest BCUT2D eigenvalue weighted by Gasteiger charge is -2.08. The van der Waals surface area contributed by atoms with Gasteiger partial charge in [0, 0.05) is 18.3 Å². The minimum absolute atomic E-state index is 0.308. The van der Waals surface area contributed by atoms with E-state index in [1.807, 2.05) is 29.9 Å². The van der Waals surface area contributed by atoms with Gasteiger partial charge in [0.2, 0.25) is 0 Å². The lowest BCUT2D eigenvalue weighted by atomic mass is 10.1. The molecule has 5 heteroatoms. The summed E-state index contributed by atoms with van der Waals surface area (Å²) in [6.07, 6.45) is 1.98. The largest absolute Gasteiger partial charge is 0.478 e. The van der Waals surface area contributed by atoms with E-state index in [-0.39, 0.29) is 0 Å². The van der Waals surface area contributed by atoms with Crippen molar-refractivity contribution in [2.45, 2.75) is 26.9 Å². The smallest absolute Gasteiger partial charge is 0.335 e. The first-order valence-corrected chi connectivity index (χ1v) is 6.94. The molecule has 0 unspecified atom stereocenters. The second kappa shape index (κ2) is 5.09. The number of aromatic carboxylic acids is 1. The summed E-state index contributed by atoms with van der Waals surface area (Å²) in [5.74, 6) is -0.904. The Labute approximate surface area is 122 Å². The lowest BCUT2D eigenvalue weighted by molar-refractivity contribution is 0.0697. The van der Waals surface area contributed by atoms with Gasteiger partial charge in [0.15, 0.2) is 0 Å². The fraction of sp³-hybridized carbons (Fsp3) is 0.250. The molecule has 3 aromatic rings. The molecular formula is C16H17N3O2. The Kier molecular flexibility index (Phi) is 3.25. The summed E-state index contributed by atoms with van der Waals surface area (Å²) in [6.45, 7) is 5.54. The van der Waals surface area contributed by atoms with Crippen molar-refractivity contribution >= 4 is 16.9 Å². The third kappa shape index (κ3) is 2.42. The summed E-state index contributed by atoms with van der Waals surface area (Å²) in [7, 11) is 0. The predicted molar refractivity (Wildman–Crippen MR) is 80.6 cm³/mol. The quantitative estimate of drug-likeness (QED) is 0.801. The number of nitrogens with zero attached hydrogens (tertiary/aromatic N) is 3. The van der Waals surface area contributed by atoms with E-state index in [2.05, 4.69) is 22.7 Å². The van der Waals surface area contributed by atoms with Crippen molar-refractivity contribution in [1.29, 1.82) is 0 Å². The maximum Gasteiger partial charge on any atom is 0.335 e. The minimum Gasteiger partial charge on any atom is -0.478 e. The van der Waals surface area contributed by atoms with Crippen LogP contribution in [0.5, 0.6) is 0 Å². The van der Waals surface area contributed by atoms with Crippen molar-refractivity contribution in [3.05, 3.63) is 53.5 Å². The number of hydrogen-bond acceptors (Lipinski definition) is 2. The van der Waals surface area contributed by atoms with Gasteiger partial charge in [-0.2, -0.15) is 5.10 Å². The lowest BCUT2D eigenvalue weighted by Crippen LogP contribution is -2.07. The zero-order valence-corrected chi connectivity index (χ0v) is 12.1. The van der Waals surface area contributed by atoms with Crippen LogP contribution in [0.4, 0.5) is 0 Å². The summed E-state index contributed by atoms with van der Waals surface area (Å²) in [6, 6.07) is 9.27. The van der Waals surface area contributed by atoms with Crippen LogP contribution < -0.4 is 0 Å². The van der Waals surface area contributed by atoms with Crippen LogP contribution in [0.2, 0.25) is 0 Å². The van der Waals surface area contributed by atoms with Crippen molar-refractivity contribution in [3.63, 3.8) is 0 Å². The first-order chi connectivity index (χ1) is 10.1. The number of carbonyl (C=O) groups is 1. The zero-order chi connectivity index (χ0) is 15.0. The Hall–Kier alpha value is -2.56. The van der Waals surface area contributed by atoms with Crippen LogP contribution in [0.15, 0.2) is 36.5 Å². The molecule has 0 amide bonds. The molecule has 1 aromatic carbocycles. The van der Waals surface area contributed by atoms with Gasteiger partial charge >= 0.3 is 5.97 Å². The molecule has 0 spiro atoms. The Morgan fingerprint density at radius 1 is 1.29 bits per heavy atom. The van der Waals surface area contributed by atoms with E-state index in [1.165, 1.54) is 0 Å². The summed E-state index contributed by atoms with van der Waals surface area (Å²) in [5.41, 5.74) is 3.35. The predicted octanol–water partition coefficient (Wildman–Crippen LogP) is 2.91. The fourth-order valence-corrected chi connectivity index (χ4v) is 2.63. The highest BCUT2D eigenvalue weighted by Crippen LogP contribution is 2.19. The highest BCUT2D eigenvalue weighted by Gasteiger charge is 2.09. The Morgan fingerprint density at radius 3 is 2.81 bits per heavy atom. The normalized spacial score (nSPS) is 11.1. The molecule has 0 fully saturated rings. The number of rotatable bonds is 4. The maximum absolute atomic E-state index is 11.1.